The smallest absolute Gasteiger partial charge is 0.416 e. The first-order valence-electron chi connectivity index (χ1n) is 14.1. The number of carbonyl (C=O) groups excluding carboxylic acids is 4. The number of nitrogens with two attached hydrogens (primary N) is 1. The Balaban J connectivity index is 0.00000520. The second-order valence-electron chi connectivity index (χ2n) is 11.9. The molecule has 0 bridgehead atoms. The standard InChI is InChI=1S/C31H29BrF3N3O9.BrH/c1-10-13-8-9-14(37-29(46)20(32)11-4-6-12(7-5-11)31(33,34)35)22(39)16(13)23(40)17-15(10)24(41)19-21(38(2)3)25(42)18(28(36)45)27(44)30(19,47)26(17)43;/h4-10,15,19-21,24,39,41-43,47H,1-3H3,(H2,36,45)(H,37,46);1H/t10?,15?,19?,20?,21-,24?,30?;/m0./s1. The highest BCUT2D eigenvalue weighted by Gasteiger charge is 2.67. The fraction of sp³-hybridized carbons (Fsp3) is 0.355. The third kappa shape index (κ3) is 5.41. The highest BCUT2D eigenvalue weighted by atomic mass is 79.9. The van der Waals surface area contributed by atoms with Crippen LogP contribution in [0.1, 0.15) is 44.7 Å². The number of halogens is 5. The molecule has 3 aliphatic carbocycles. The number of nitrogens with zero attached hydrogens (tertiary/aromatic N) is 1. The van der Waals surface area contributed by atoms with Gasteiger partial charge in [0.15, 0.2) is 17.1 Å². The molecule has 0 aromatic heterocycles. The van der Waals surface area contributed by atoms with E-state index in [9.17, 15) is 57.9 Å². The quantitative estimate of drug-likeness (QED) is 0.133. The van der Waals surface area contributed by atoms with Gasteiger partial charge in [-0.2, -0.15) is 13.2 Å². The van der Waals surface area contributed by atoms with Crippen molar-refractivity contribution in [3.8, 4) is 5.75 Å². The summed E-state index contributed by atoms with van der Waals surface area (Å²) in [6.07, 6.45) is -6.36. The molecule has 3 aliphatic rings. The molecule has 7 atom stereocenters. The average Bonchev–Trinajstić information content (AvgIpc) is 2.99. The number of ketones is 2. The fourth-order valence-electron chi connectivity index (χ4n) is 6.91. The van der Waals surface area contributed by atoms with Gasteiger partial charge in [0.05, 0.1) is 34.9 Å². The molecule has 48 heavy (non-hydrogen) atoms. The van der Waals surface area contributed by atoms with Crippen LogP contribution in [0.25, 0.3) is 0 Å². The van der Waals surface area contributed by atoms with Gasteiger partial charge in [0.25, 0.3) is 5.91 Å². The van der Waals surface area contributed by atoms with E-state index in [1.807, 2.05) is 0 Å². The molecule has 2 amide bonds. The molecule has 0 aliphatic heterocycles. The summed E-state index contributed by atoms with van der Waals surface area (Å²) in [7, 11) is 2.85. The van der Waals surface area contributed by atoms with Gasteiger partial charge in [-0.3, -0.25) is 24.1 Å². The van der Waals surface area contributed by atoms with Crippen LogP contribution in [0.5, 0.6) is 5.75 Å². The highest BCUT2D eigenvalue weighted by Crippen LogP contribution is 2.56. The molecule has 0 radical (unpaired) electrons. The summed E-state index contributed by atoms with van der Waals surface area (Å²) >= 11 is 3.12. The van der Waals surface area contributed by atoms with Gasteiger partial charge in [0.2, 0.25) is 11.7 Å². The van der Waals surface area contributed by atoms with Crippen LogP contribution >= 0.6 is 32.9 Å². The number of nitrogens with one attached hydrogen (secondary N) is 1. The number of anilines is 1. The third-order valence-electron chi connectivity index (χ3n) is 9.15. The summed E-state index contributed by atoms with van der Waals surface area (Å²) < 4.78 is 38.9. The van der Waals surface area contributed by atoms with Gasteiger partial charge in [-0.25, -0.2) is 0 Å². The number of Topliss-reactive ketones (excluding diaryl/α,β-unsaturated/α-hetero) is 2. The van der Waals surface area contributed by atoms with Crippen molar-refractivity contribution in [1.82, 2.24) is 4.90 Å². The number of primary amides is 1. The number of rotatable bonds is 5. The van der Waals surface area contributed by atoms with Crippen molar-refractivity contribution >= 4 is 62.0 Å². The minimum atomic E-state index is -4.59. The summed E-state index contributed by atoms with van der Waals surface area (Å²) in [4.78, 5) is 52.8. The Kier molecular flexibility index (Phi) is 9.73. The predicted octanol–water partition coefficient (Wildman–Crippen LogP) is 3.32. The Hall–Kier alpha value is -3.77. The number of aliphatic hydroxyl groups is 4. The zero-order chi connectivity index (χ0) is 35.1. The van der Waals surface area contributed by atoms with Gasteiger partial charge in [0.1, 0.15) is 21.9 Å². The molecule has 6 unspecified atom stereocenters. The van der Waals surface area contributed by atoms with Gasteiger partial charge in [0, 0.05) is 11.5 Å². The number of aromatic hydroxyl groups is 1. The normalized spacial score (nSPS) is 27.5. The summed E-state index contributed by atoms with van der Waals surface area (Å²) in [5, 5.41) is 59.5. The number of fused-ring (bicyclic) bond motifs is 3. The second-order valence-corrected chi connectivity index (χ2v) is 12.9. The molecule has 12 nitrogen and oxygen atoms in total. The summed E-state index contributed by atoms with van der Waals surface area (Å²) in [6.45, 7) is 1.55. The Labute approximate surface area is 289 Å². The van der Waals surface area contributed by atoms with E-state index in [1.165, 1.54) is 31.1 Å². The number of aliphatic hydroxyl groups excluding tert-OH is 3. The zero-order valence-corrected chi connectivity index (χ0v) is 28.5. The number of benzene rings is 2. The number of alkyl halides is 4. The number of hydrogen-bond acceptors (Lipinski definition) is 10. The first-order chi connectivity index (χ1) is 21.8. The predicted molar refractivity (Wildman–Crippen MR) is 172 cm³/mol. The maximum absolute atomic E-state index is 14.0. The Morgan fingerprint density at radius 1 is 1.06 bits per heavy atom. The largest absolute Gasteiger partial charge is 0.510 e. The lowest BCUT2D eigenvalue weighted by Crippen LogP contribution is -2.68. The molecule has 0 spiro atoms. The van der Waals surface area contributed by atoms with Gasteiger partial charge in [-0.15, -0.1) is 17.0 Å². The lowest BCUT2D eigenvalue weighted by Gasteiger charge is -2.53. The molecular weight excluding hydrogens is 775 g/mol. The van der Waals surface area contributed by atoms with Gasteiger partial charge in [-0.05, 0) is 49.3 Å². The molecule has 0 fully saturated rings. The van der Waals surface area contributed by atoms with Crippen molar-refractivity contribution in [2.24, 2.45) is 17.6 Å². The van der Waals surface area contributed by atoms with Gasteiger partial charge in [-0.1, -0.05) is 41.1 Å². The Bertz CT molecular complexity index is 1800. The van der Waals surface area contributed by atoms with Crippen LogP contribution < -0.4 is 11.1 Å². The Morgan fingerprint density at radius 3 is 2.17 bits per heavy atom. The lowest BCUT2D eigenvalue weighted by molar-refractivity contribution is -0.162. The summed E-state index contributed by atoms with van der Waals surface area (Å²) in [5.74, 6) is -11.5. The van der Waals surface area contributed by atoms with Crippen molar-refractivity contribution in [3.63, 3.8) is 0 Å². The van der Waals surface area contributed by atoms with Crippen LogP contribution in [-0.2, 0) is 20.6 Å². The summed E-state index contributed by atoms with van der Waals surface area (Å²) in [6, 6.07) is 5.01. The average molecular weight is 805 g/mol. The van der Waals surface area contributed by atoms with Crippen molar-refractivity contribution in [3.05, 3.63) is 81.3 Å². The molecular formula is C31H30Br2F3N3O9. The number of carbonyl (C=O) groups is 4. The minimum absolute atomic E-state index is 0. The van der Waals surface area contributed by atoms with E-state index < -0.39 is 109 Å². The fourth-order valence-corrected chi connectivity index (χ4v) is 7.33. The number of phenols is 1. The monoisotopic (exact) mass is 803 g/mol. The van der Waals surface area contributed by atoms with Crippen molar-refractivity contribution in [2.45, 2.75) is 41.6 Å². The molecule has 5 rings (SSSR count). The van der Waals surface area contributed by atoms with Gasteiger partial charge < -0.3 is 36.6 Å². The molecule has 258 valence electrons. The van der Waals surface area contributed by atoms with E-state index in [2.05, 4.69) is 21.2 Å². The van der Waals surface area contributed by atoms with Crippen molar-refractivity contribution in [1.29, 1.82) is 0 Å². The molecule has 0 heterocycles. The van der Waals surface area contributed by atoms with E-state index in [1.54, 1.807) is 6.92 Å². The van der Waals surface area contributed by atoms with Crippen LogP contribution in [-0.4, -0.2) is 85.7 Å². The maximum Gasteiger partial charge on any atom is 0.416 e. The van der Waals surface area contributed by atoms with Crippen LogP contribution in [0, 0.1) is 11.8 Å². The first kappa shape index (κ1) is 37.1. The third-order valence-corrected chi connectivity index (χ3v) is 10.1. The van der Waals surface area contributed by atoms with Crippen molar-refractivity contribution < 1.29 is 57.9 Å². The molecule has 0 saturated carbocycles. The van der Waals surface area contributed by atoms with Crippen LogP contribution in [0.3, 0.4) is 0 Å². The first-order valence-corrected chi connectivity index (χ1v) is 15.0. The number of phenolic OH excluding ortho intramolecular Hbond substituents is 1. The maximum atomic E-state index is 14.0. The topological polar surface area (TPSA) is 211 Å². The Morgan fingerprint density at radius 2 is 1.65 bits per heavy atom. The van der Waals surface area contributed by atoms with Gasteiger partial charge >= 0.3 is 6.18 Å². The second kappa shape index (κ2) is 12.6. The molecule has 0 saturated heterocycles. The van der Waals surface area contributed by atoms with E-state index in [-0.39, 0.29) is 33.8 Å². The van der Waals surface area contributed by atoms with E-state index in [0.29, 0.717) is 0 Å². The zero-order valence-electron chi connectivity index (χ0n) is 25.2. The molecule has 2 aromatic rings. The SMILES string of the molecule is Br.CC1c2ccc(NC(=O)C(Br)c3ccc(C(F)(F)F)cc3)c(O)c2C(=O)C2=C(O)C3(O)C(=O)C(C(N)=O)=C(O)[C@@H](N(C)C)C3C(O)C21. The van der Waals surface area contributed by atoms with E-state index in [0.717, 1.165) is 24.3 Å². The van der Waals surface area contributed by atoms with Crippen LogP contribution in [0.2, 0.25) is 0 Å². The number of hydrogen-bond donors (Lipinski definition) is 7. The molecule has 2 aromatic carbocycles. The lowest BCUT2D eigenvalue weighted by atomic mass is 9.55. The number of amides is 2. The summed E-state index contributed by atoms with van der Waals surface area (Å²) in [5.41, 5.74) is -0.733. The van der Waals surface area contributed by atoms with Crippen LogP contribution in [0.4, 0.5) is 18.9 Å². The molecule has 8 N–H and O–H groups in total. The highest BCUT2D eigenvalue weighted by molar-refractivity contribution is 9.09. The van der Waals surface area contributed by atoms with Crippen LogP contribution in [0.15, 0.2) is 59.1 Å². The van der Waals surface area contributed by atoms with Crippen molar-refractivity contribution in [2.75, 3.05) is 19.4 Å². The van der Waals surface area contributed by atoms with E-state index in [4.69, 9.17) is 5.73 Å². The van der Waals surface area contributed by atoms with E-state index >= 15 is 0 Å². The molecule has 17 heteroatoms. The number of likely N-dealkylation sites (N-methyl/N-ethyl adjacent to an activating group) is 1. The minimum Gasteiger partial charge on any atom is -0.510 e.